The molecule has 0 aromatic rings. The van der Waals surface area contributed by atoms with E-state index < -0.39 is 0 Å². The number of hydrogen-bond donors (Lipinski definition) is 1. The Hall–Kier alpha value is -0.0800. The lowest BCUT2D eigenvalue weighted by atomic mass is 9.76. The Morgan fingerprint density at radius 1 is 1.05 bits per heavy atom. The smallest absolute Gasteiger partial charge is 0.0152 e. The molecule has 0 aromatic carbocycles. The quantitative estimate of drug-likeness (QED) is 0.838. The van der Waals surface area contributed by atoms with E-state index in [0.717, 1.165) is 30.7 Å². The molecule has 2 bridgehead atoms. The van der Waals surface area contributed by atoms with Crippen molar-refractivity contribution < 1.29 is 0 Å². The second-order valence-electron chi connectivity index (χ2n) is 7.81. The zero-order valence-electron chi connectivity index (χ0n) is 13.1. The topological polar surface area (TPSA) is 15.3 Å². The maximum Gasteiger partial charge on any atom is 0.0152 e. The minimum atomic E-state index is 0.554. The SMILES string of the molecule is CCNC1CC2CCCC(C1)N2C1CCCC1(C)C. The minimum absolute atomic E-state index is 0.554. The zero-order valence-corrected chi connectivity index (χ0v) is 13.1. The van der Waals surface area contributed by atoms with Crippen LogP contribution in [0.2, 0.25) is 0 Å². The van der Waals surface area contributed by atoms with E-state index in [1.54, 1.807) is 0 Å². The van der Waals surface area contributed by atoms with Crippen LogP contribution < -0.4 is 5.32 Å². The van der Waals surface area contributed by atoms with Gasteiger partial charge in [0.25, 0.3) is 0 Å². The fraction of sp³-hybridized carbons (Fsp3) is 1.00. The van der Waals surface area contributed by atoms with Crippen LogP contribution in [0.4, 0.5) is 0 Å². The highest BCUT2D eigenvalue weighted by atomic mass is 15.3. The first kappa shape index (κ1) is 13.9. The fourth-order valence-electron chi connectivity index (χ4n) is 5.24. The molecule has 2 heterocycles. The number of fused-ring (bicyclic) bond motifs is 2. The molecule has 1 saturated carbocycles. The third-order valence-electron chi connectivity index (χ3n) is 6.08. The Morgan fingerprint density at radius 2 is 1.74 bits per heavy atom. The molecule has 0 amide bonds. The van der Waals surface area contributed by atoms with Crippen LogP contribution in [0.1, 0.15) is 72.1 Å². The molecule has 3 atom stereocenters. The van der Waals surface area contributed by atoms with Gasteiger partial charge in [0, 0.05) is 24.2 Å². The summed E-state index contributed by atoms with van der Waals surface area (Å²) in [5, 5.41) is 3.72. The van der Waals surface area contributed by atoms with Crippen LogP contribution in [0.15, 0.2) is 0 Å². The van der Waals surface area contributed by atoms with Gasteiger partial charge in [-0.2, -0.15) is 0 Å². The summed E-state index contributed by atoms with van der Waals surface area (Å²) in [4.78, 5) is 2.99. The van der Waals surface area contributed by atoms with Gasteiger partial charge in [-0.05, 0) is 50.5 Å². The van der Waals surface area contributed by atoms with Crippen molar-refractivity contribution in [3.63, 3.8) is 0 Å². The normalized spacial score (nSPS) is 42.5. The molecule has 2 nitrogen and oxygen atoms in total. The lowest BCUT2D eigenvalue weighted by Gasteiger charge is -2.54. The van der Waals surface area contributed by atoms with Gasteiger partial charge in [0.2, 0.25) is 0 Å². The summed E-state index contributed by atoms with van der Waals surface area (Å²) in [7, 11) is 0. The predicted molar refractivity (Wildman–Crippen MR) is 81.4 cm³/mol. The van der Waals surface area contributed by atoms with Crippen LogP contribution in [0.3, 0.4) is 0 Å². The first-order valence-electron chi connectivity index (χ1n) is 8.62. The van der Waals surface area contributed by atoms with Gasteiger partial charge in [-0.1, -0.05) is 33.6 Å². The van der Waals surface area contributed by atoms with Gasteiger partial charge in [0.1, 0.15) is 0 Å². The molecule has 110 valence electrons. The molecular weight excluding hydrogens is 232 g/mol. The summed E-state index contributed by atoms with van der Waals surface area (Å²) in [6.07, 6.45) is 11.5. The van der Waals surface area contributed by atoms with Crippen molar-refractivity contribution in [3.8, 4) is 0 Å². The van der Waals surface area contributed by atoms with E-state index in [1.807, 2.05) is 0 Å². The molecule has 3 fully saturated rings. The van der Waals surface area contributed by atoms with E-state index in [4.69, 9.17) is 0 Å². The average Bonchev–Trinajstić information content (AvgIpc) is 2.68. The van der Waals surface area contributed by atoms with Gasteiger partial charge in [-0.15, -0.1) is 0 Å². The summed E-state index contributed by atoms with van der Waals surface area (Å²) in [6, 6.07) is 3.41. The predicted octanol–water partition coefficient (Wildman–Crippen LogP) is 3.56. The van der Waals surface area contributed by atoms with Crippen molar-refractivity contribution in [1.29, 1.82) is 0 Å². The highest BCUT2D eigenvalue weighted by Gasteiger charge is 2.47. The number of hydrogen-bond acceptors (Lipinski definition) is 2. The molecular formula is C17H32N2. The molecule has 0 aromatic heterocycles. The molecule has 3 aliphatic rings. The van der Waals surface area contributed by atoms with Gasteiger partial charge in [-0.3, -0.25) is 4.90 Å². The van der Waals surface area contributed by atoms with Gasteiger partial charge in [0.05, 0.1) is 0 Å². The van der Waals surface area contributed by atoms with Crippen molar-refractivity contribution in [2.24, 2.45) is 5.41 Å². The zero-order chi connectivity index (χ0) is 13.5. The van der Waals surface area contributed by atoms with E-state index in [1.165, 1.54) is 51.4 Å². The largest absolute Gasteiger partial charge is 0.314 e. The van der Waals surface area contributed by atoms with Crippen LogP contribution in [-0.2, 0) is 0 Å². The third-order valence-corrected chi connectivity index (χ3v) is 6.08. The number of piperidine rings is 2. The van der Waals surface area contributed by atoms with Crippen LogP contribution in [0.25, 0.3) is 0 Å². The number of nitrogens with zero attached hydrogens (tertiary/aromatic N) is 1. The van der Waals surface area contributed by atoms with Crippen LogP contribution in [0.5, 0.6) is 0 Å². The Labute approximate surface area is 119 Å². The van der Waals surface area contributed by atoms with Gasteiger partial charge in [0.15, 0.2) is 0 Å². The fourth-order valence-corrected chi connectivity index (χ4v) is 5.24. The molecule has 3 rings (SSSR count). The Morgan fingerprint density at radius 3 is 2.26 bits per heavy atom. The Kier molecular flexibility index (Phi) is 3.92. The molecule has 2 heteroatoms. The van der Waals surface area contributed by atoms with Crippen molar-refractivity contribution in [2.45, 2.75) is 96.3 Å². The monoisotopic (exact) mass is 264 g/mol. The highest BCUT2D eigenvalue weighted by Crippen LogP contribution is 2.46. The molecule has 2 saturated heterocycles. The van der Waals surface area contributed by atoms with Crippen molar-refractivity contribution >= 4 is 0 Å². The van der Waals surface area contributed by atoms with E-state index in [0.29, 0.717) is 5.41 Å². The first-order chi connectivity index (χ1) is 9.12. The lowest BCUT2D eigenvalue weighted by molar-refractivity contribution is -0.0393. The van der Waals surface area contributed by atoms with Crippen molar-refractivity contribution in [2.75, 3.05) is 6.54 Å². The van der Waals surface area contributed by atoms with E-state index in [9.17, 15) is 0 Å². The minimum Gasteiger partial charge on any atom is -0.314 e. The van der Waals surface area contributed by atoms with E-state index in [2.05, 4.69) is 31.0 Å². The van der Waals surface area contributed by atoms with Crippen LogP contribution in [0, 0.1) is 5.41 Å². The molecule has 0 spiro atoms. The highest BCUT2D eigenvalue weighted by molar-refractivity contribution is 5.02. The van der Waals surface area contributed by atoms with E-state index >= 15 is 0 Å². The Balaban J connectivity index is 1.75. The molecule has 0 radical (unpaired) electrons. The number of rotatable bonds is 3. The summed E-state index contributed by atoms with van der Waals surface area (Å²) < 4.78 is 0. The van der Waals surface area contributed by atoms with Gasteiger partial charge >= 0.3 is 0 Å². The Bertz CT molecular complexity index is 298. The van der Waals surface area contributed by atoms with E-state index in [-0.39, 0.29) is 0 Å². The molecule has 1 N–H and O–H groups in total. The van der Waals surface area contributed by atoms with Crippen molar-refractivity contribution in [3.05, 3.63) is 0 Å². The summed E-state index contributed by atoms with van der Waals surface area (Å²) >= 11 is 0. The van der Waals surface area contributed by atoms with Gasteiger partial charge in [-0.25, -0.2) is 0 Å². The molecule has 3 unspecified atom stereocenters. The summed E-state index contributed by atoms with van der Waals surface area (Å²) in [6.45, 7) is 8.41. The van der Waals surface area contributed by atoms with Crippen LogP contribution >= 0.6 is 0 Å². The summed E-state index contributed by atoms with van der Waals surface area (Å²) in [5.74, 6) is 0. The maximum absolute atomic E-state index is 3.72. The second kappa shape index (κ2) is 5.37. The standard InChI is InChI=1S/C17H32N2/c1-4-18-13-11-14-7-5-8-15(12-13)19(14)16-9-6-10-17(16,2)3/h13-16,18H,4-12H2,1-3H3. The van der Waals surface area contributed by atoms with Crippen LogP contribution in [-0.4, -0.2) is 35.6 Å². The average molecular weight is 264 g/mol. The first-order valence-corrected chi connectivity index (χ1v) is 8.62. The summed E-state index contributed by atoms with van der Waals surface area (Å²) in [5.41, 5.74) is 0.554. The molecule has 1 aliphatic carbocycles. The lowest BCUT2D eigenvalue weighted by Crippen LogP contribution is -2.61. The molecule has 2 aliphatic heterocycles. The maximum atomic E-state index is 3.72. The molecule has 19 heavy (non-hydrogen) atoms. The number of nitrogens with one attached hydrogen (secondary N) is 1. The van der Waals surface area contributed by atoms with Crippen molar-refractivity contribution in [1.82, 2.24) is 10.2 Å². The van der Waals surface area contributed by atoms with Gasteiger partial charge < -0.3 is 5.32 Å². The third kappa shape index (κ3) is 2.58. The second-order valence-corrected chi connectivity index (χ2v) is 7.81.